The summed E-state index contributed by atoms with van der Waals surface area (Å²) in [5, 5.41) is 9.51. The van der Waals surface area contributed by atoms with Gasteiger partial charge in [0.25, 0.3) is 20.2 Å². The standard InChI is InChI=1S/C24H24Cl2N10O12S4.2K/c25-19-31-21(27-7-9-49(37,38)39)35-23(33-19)29-15-5-3-13(17(11-15)51(43,44)45)1-2-14-4-6-16(12-18(14)52(46,47)48)30-24-34-20(26)32-22(36-24)28-8-10-50(40,41)42;;/h1-6,11-12H,7-10H2,(H,37,38,39)(H,40,41,42)(H,43,44,45)(H,46,47,48)(H2,27,29,31,33,35)(H2,28,30,32,34,36);;/q;2*+1/p-2. The van der Waals surface area contributed by atoms with Crippen molar-refractivity contribution in [3.63, 3.8) is 0 Å². The van der Waals surface area contributed by atoms with Crippen LogP contribution in [0.25, 0.3) is 12.2 Å². The first-order valence-corrected chi connectivity index (χ1v) is 20.5. The van der Waals surface area contributed by atoms with E-state index in [2.05, 4.69) is 51.2 Å². The van der Waals surface area contributed by atoms with Crippen molar-refractivity contribution in [3.05, 3.63) is 58.1 Å². The Morgan fingerprint density at radius 3 is 1.22 bits per heavy atom. The largest absolute Gasteiger partial charge is 1.00 e. The Morgan fingerprint density at radius 1 is 0.574 bits per heavy atom. The van der Waals surface area contributed by atoms with Crippen molar-refractivity contribution in [1.29, 1.82) is 0 Å². The number of nitrogens with zero attached hydrogens (tertiary/aromatic N) is 6. The molecular weight excluding hydrogens is 898 g/mol. The van der Waals surface area contributed by atoms with Crippen LogP contribution in [0.2, 0.25) is 10.6 Å². The van der Waals surface area contributed by atoms with Crippen LogP contribution in [0, 0.1) is 0 Å². The number of benzene rings is 2. The number of aromatic nitrogens is 6. The fourth-order valence-corrected chi connectivity index (χ4v) is 6.36. The molecule has 22 nitrogen and oxygen atoms in total. The summed E-state index contributed by atoms with van der Waals surface area (Å²) in [5.74, 6) is -2.28. The first kappa shape index (κ1) is 49.0. The molecule has 0 spiro atoms. The quantitative estimate of drug-likeness (QED) is 0.0350. The average Bonchev–Trinajstić information content (AvgIpc) is 2.98. The maximum atomic E-state index is 12.2. The van der Waals surface area contributed by atoms with Gasteiger partial charge in [0.05, 0.1) is 21.3 Å². The molecule has 6 N–H and O–H groups in total. The number of halogens is 2. The SMILES string of the molecule is O=S(=O)(O)CCNc1nc(Cl)nc(Nc2ccc(C=Cc3ccc(Nc4nc(Cl)nc(NCCS(=O)(=O)O)n4)cc3S(=O)(=O)[O-])c(S(=O)(=O)[O-])c2)n1.[K+].[K+]. The number of hydrogen-bond acceptors (Lipinski definition) is 20. The third-order valence-corrected chi connectivity index (χ3v) is 9.59. The molecule has 30 heteroatoms. The van der Waals surface area contributed by atoms with E-state index in [0.29, 0.717) is 0 Å². The summed E-state index contributed by atoms with van der Waals surface area (Å²) in [6.07, 6.45) is 2.14. The van der Waals surface area contributed by atoms with Gasteiger partial charge in [0.2, 0.25) is 34.4 Å². The van der Waals surface area contributed by atoms with Crippen LogP contribution >= 0.6 is 23.2 Å². The topological polar surface area (TPSA) is 349 Å². The third kappa shape index (κ3) is 16.4. The minimum absolute atomic E-state index is 0. The summed E-state index contributed by atoms with van der Waals surface area (Å²) in [4.78, 5) is 21.4. The summed E-state index contributed by atoms with van der Waals surface area (Å²) in [7, 11) is -18.9. The first-order valence-electron chi connectivity index (χ1n) is 13.7. The van der Waals surface area contributed by atoms with E-state index in [9.17, 15) is 42.8 Å². The van der Waals surface area contributed by atoms with Gasteiger partial charge in [-0.15, -0.1) is 0 Å². The predicted octanol–water partition coefficient (Wildman–Crippen LogP) is -4.56. The number of anilines is 6. The van der Waals surface area contributed by atoms with E-state index >= 15 is 0 Å². The predicted molar refractivity (Wildman–Crippen MR) is 184 cm³/mol. The van der Waals surface area contributed by atoms with Gasteiger partial charge >= 0.3 is 103 Å². The van der Waals surface area contributed by atoms with Crippen LogP contribution in [-0.2, 0) is 40.5 Å². The molecule has 0 radical (unpaired) electrons. The molecule has 2 aromatic heterocycles. The van der Waals surface area contributed by atoms with Crippen LogP contribution in [0.4, 0.5) is 35.2 Å². The second-order valence-electron chi connectivity index (χ2n) is 9.93. The van der Waals surface area contributed by atoms with Crippen LogP contribution in [-0.4, -0.2) is 106 Å². The maximum Gasteiger partial charge on any atom is 1.00 e. The Hall–Kier alpha value is -1.11. The van der Waals surface area contributed by atoms with Gasteiger partial charge in [0.15, 0.2) is 0 Å². The van der Waals surface area contributed by atoms with Crippen LogP contribution in [0.15, 0.2) is 46.2 Å². The van der Waals surface area contributed by atoms with Gasteiger partial charge in [-0.2, -0.15) is 46.7 Å². The van der Waals surface area contributed by atoms with E-state index in [1.807, 2.05) is 0 Å². The third-order valence-electron chi connectivity index (χ3n) is 6.02. The van der Waals surface area contributed by atoms with Crippen molar-refractivity contribution in [2.75, 3.05) is 45.9 Å². The van der Waals surface area contributed by atoms with E-state index in [0.717, 1.165) is 24.3 Å². The number of rotatable bonds is 16. The molecule has 0 saturated heterocycles. The monoisotopic (exact) mass is 918 g/mol. The zero-order chi connectivity index (χ0) is 38.5. The Morgan fingerprint density at radius 2 is 0.907 bits per heavy atom. The fraction of sp³-hybridized carbons (Fsp3) is 0.167. The average molecular weight is 920 g/mol. The molecule has 0 aliphatic carbocycles. The molecule has 0 amide bonds. The van der Waals surface area contributed by atoms with Crippen molar-refractivity contribution in [1.82, 2.24) is 29.9 Å². The zero-order valence-electron chi connectivity index (χ0n) is 27.5. The van der Waals surface area contributed by atoms with E-state index in [-0.39, 0.29) is 173 Å². The van der Waals surface area contributed by atoms with Crippen LogP contribution in [0.5, 0.6) is 0 Å². The fourth-order valence-electron chi connectivity index (χ4n) is 3.92. The van der Waals surface area contributed by atoms with Gasteiger partial charge in [-0.05, 0) is 58.6 Å². The molecule has 0 unspecified atom stereocenters. The van der Waals surface area contributed by atoms with Gasteiger partial charge in [0, 0.05) is 24.5 Å². The Kier molecular flexibility index (Phi) is 18.7. The van der Waals surface area contributed by atoms with E-state index < -0.39 is 61.8 Å². The second-order valence-corrected chi connectivity index (χ2v) is 16.4. The molecule has 4 rings (SSSR count). The molecule has 4 aromatic rings. The summed E-state index contributed by atoms with van der Waals surface area (Å²) in [6.45, 7) is -0.604. The molecule has 0 saturated carbocycles. The van der Waals surface area contributed by atoms with Crippen LogP contribution < -0.4 is 124 Å². The van der Waals surface area contributed by atoms with Crippen LogP contribution in [0.3, 0.4) is 0 Å². The zero-order valence-corrected chi connectivity index (χ0v) is 38.5. The molecule has 54 heavy (non-hydrogen) atoms. The molecule has 280 valence electrons. The molecule has 0 aliphatic heterocycles. The minimum Gasteiger partial charge on any atom is -0.744 e. The molecule has 2 aromatic carbocycles. The van der Waals surface area contributed by atoms with Crippen molar-refractivity contribution in [2.45, 2.75) is 9.79 Å². The molecular formula is C24H22Cl2K2N10O12S4. The second kappa shape index (κ2) is 20.5. The molecule has 0 fully saturated rings. The maximum absolute atomic E-state index is 12.2. The van der Waals surface area contributed by atoms with E-state index in [1.165, 1.54) is 24.3 Å². The smallest absolute Gasteiger partial charge is 0.744 e. The molecule has 0 aliphatic rings. The van der Waals surface area contributed by atoms with E-state index in [4.69, 9.17) is 32.3 Å². The van der Waals surface area contributed by atoms with E-state index in [1.54, 1.807) is 0 Å². The number of hydrogen-bond donors (Lipinski definition) is 6. The van der Waals surface area contributed by atoms with Crippen molar-refractivity contribution < 1.29 is 155 Å². The van der Waals surface area contributed by atoms with Gasteiger partial charge in [0.1, 0.15) is 20.2 Å². The van der Waals surface area contributed by atoms with Gasteiger partial charge in [-0.25, -0.2) is 16.8 Å². The van der Waals surface area contributed by atoms with Gasteiger partial charge in [-0.1, -0.05) is 24.3 Å². The van der Waals surface area contributed by atoms with Crippen LogP contribution in [0.1, 0.15) is 11.1 Å². The van der Waals surface area contributed by atoms with Crippen molar-refractivity contribution in [2.24, 2.45) is 0 Å². The number of nitrogens with one attached hydrogen (secondary N) is 4. The summed E-state index contributed by atoms with van der Waals surface area (Å²) >= 11 is 11.8. The Labute approximate surface area is 403 Å². The van der Waals surface area contributed by atoms with Crippen molar-refractivity contribution >= 4 is 111 Å². The molecule has 0 bridgehead atoms. The summed E-state index contributed by atoms with van der Waals surface area (Å²) < 4.78 is 135. The summed E-state index contributed by atoms with van der Waals surface area (Å²) in [5.41, 5.74) is -0.503. The summed E-state index contributed by atoms with van der Waals surface area (Å²) in [6, 6.07) is 6.75. The Bertz CT molecular complexity index is 2320. The first-order chi connectivity index (χ1) is 24.0. The van der Waals surface area contributed by atoms with Gasteiger partial charge < -0.3 is 30.4 Å². The normalized spacial score (nSPS) is 12.0. The Balaban J connectivity index is 0.00000504. The molecule has 2 heterocycles. The van der Waals surface area contributed by atoms with Gasteiger partial charge in [-0.3, -0.25) is 9.11 Å². The molecule has 0 atom stereocenters. The minimum atomic E-state index is -5.18. The van der Waals surface area contributed by atoms with Crippen molar-refractivity contribution in [3.8, 4) is 0 Å².